The van der Waals surface area contributed by atoms with Crippen LogP contribution in [0.4, 0.5) is 0 Å². The number of hydrogen-bond donors (Lipinski definition) is 0. The van der Waals surface area contributed by atoms with E-state index in [0.717, 1.165) is 0 Å². The Hall–Kier alpha value is -2.78. The fourth-order valence-corrected chi connectivity index (χ4v) is 3.71. The van der Waals surface area contributed by atoms with Crippen molar-refractivity contribution in [2.45, 2.75) is 44.1 Å². The third-order valence-electron chi connectivity index (χ3n) is 5.24. The predicted octanol–water partition coefficient (Wildman–Crippen LogP) is 2.96. The van der Waals surface area contributed by atoms with Crippen molar-refractivity contribution in [1.29, 1.82) is 0 Å². The Kier molecular flexibility index (Phi) is 6.86. The molecule has 170 valence electrons. The fourth-order valence-electron chi connectivity index (χ4n) is 3.71. The van der Waals surface area contributed by atoms with Gasteiger partial charge in [-0.25, -0.2) is 9.59 Å². The summed E-state index contributed by atoms with van der Waals surface area (Å²) in [4.78, 5) is 24.7. The molecule has 0 bridgehead atoms. The first-order valence-electron chi connectivity index (χ1n) is 10.5. The van der Waals surface area contributed by atoms with Crippen molar-refractivity contribution in [3.63, 3.8) is 0 Å². The Labute approximate surface area is 186 Å². The van der Waals surface area contributed by atoms with E-state index in [1.54, 1.807) is 62.4 Å². The van der Waals surface area contributed by atoms with Crippen LogP contribution in [0.1, 0.15) is 34.6 Å². The van der Waals surface area contributed by atoms with Gasteiger partial charge in [0, 0.05) is 0 Å². The zero-order chi connectivity index (χ0) is 22.6. The molecule has 0 aliphatic carbocycles. The van der Waals surface area contributed by atoms with Gasteiger partial charge in [0.15, 0.2) is 5.79 Å². The van der Waals surface area contributed by atoms with Gasteiger partial charge in [-0.3, -0.25) is 0 Å². The summed E-state index contributed by atoms with van der Waals surface area (Å²) in [6.45, 7) is 3.41. The molecule has 0 aromatic heterocycles. The largest absolute Gasteiger partial charge is 0.459 e. The quantitative estimate of drug-likeness (QED) is 0.631. The summed E-state index contributed by atoms with van der Waals surface area (Å²) >= 11 is 0. The second-order valence-electron chi connectivity index (χ2n) is 8.02. The fraction of sp³-hybridized carbons (Fsp3) is 0.417. The maximum Gasteiger partial charge on any atom is 0.338 e. The Morgan fingerprint density at radius 2 is 1.19 bits per heavy atom. The smallest absolute Gasteiger partial charge is 0.338 e. The topological polar surface area (TPSA) is 89.5 Å². The SMILES string of the molecule is CC1(C)O[C@@H]2[C@@H](O1)[C@@H](COC(=O)c1ccccc1)OCO[C@@H]2COC(=O)c1ccccc1. The van der Waals surface area contributed by atoms with Gasteiger partial charge in [-0.05, 0) is 38.1 Å². The molecule has 32 heavy (non-hydrogen) atoms. The van der Waals surface area contributed by atoms with Crippen LogP contribution in [0.2, 0.25) is 0 Å². The van der Waals surface area contributed by atoms with Crippen molar-refractivity contribution in [1.82, 2.24) is 0 Å². The van der Waals surface area contributed by atoms with Crippen LogP contribution in [0.5, 0.6) is 0 Å². The van der Waals surface area contributed by atoms with Gasteiger partial charge in [-0.15, -0.1) is 0 Å². The van der Waals surface area contributed by atoms with E-state index in [9.17, 15) is 9.59 Å². The van der Waals surface area contributed by atoms with Gasteiger partial charge in [-0.1, -0.05) is 36.4 Å². The average molecular weight is 442 g/mol. The van der Waals surface area contributed by atoms with Crippen LogP contribution in [0.15, 0.2) is 60.7 Å². The Morgan fingerprint density at radius 3 is 1.59 bits per heavy atom. The minimum absolute atomic E-state index is 0.0335. The molecule has 2 heterocycles. The molecular formula is C24H26O8. The second kappa shape index (κ2) is 9.79. The molecule has 2 saturated heterocycles. The summed E-state index contributed by atoms with van der Waals surface area (Å²) in [7, 11) is 0. The van der Waals surface area contributed by atoms with Crippen molar-refractivity contribution in [3.8, 4) is 0 Å². The van der Waals surface area contributed by atoms with Gasteiger partial charge in [0.2, 0.25) is 0 Å². The van der Waals surface area contributed by atoms with Gasteiger partial charge in [0.05, 0.1) is 11.1 Å². The third kappa shape index (κ3) is 5.34. The molecule has 0 N–H and O–H groups in total. The minimum Gasteiger partial charge on any atom is -0.459 e. The number of fused-ring (bicyclic) bond motifs is 1. The van der Waals surface area contributed by atoms with Gasteiger partial charge in [-0.2, -0.15) is 0 Å². The molecule has 2 aliphatic heterocycles. The molecule has 4 rings (SSSR count). The van der Waals surface area contributed by atoms with Crippen LogP contribution >= 0.6 is 0 Å². The van der Waals surface area contributed by atoms with Crippen LogP contribution in [0, 0.1) is 0 Å². The van der Waals surface area contributed by atoms with Crippen molar-refractivity contribution in [3.05, 3.63) is 71.8 Å². The summed E-state index contributed by atoms with van der Waals surface area (Å²) in [6, 6.07) is 17.4. The summed E-state index contributed by atoms with van der Waals surface area (Å²) in [6.07, 6.45) is -2.36. The van der Waals surface area contributed by atoms with E-state index in [1.807, 2.05) is 12.1 Å². The number of ether oxygens (including phenoxy) is 6. The molecule has 2 aliphatic rings. The number of carbonyl (C=O) groups is 2. The molecule has 2 fully saturated rings. The van der Waals surface area contributed by atoms with Gasteiger partial charge in [0.1, 0.15) is 44.4 Å². The van der Waals surface area contributed by atoms with Crippen LogP contribution in [-0.4, -0.2) is 62.1 Å². The van der Waals surface area contributed by atoms with Crippen LogP contribution in [-0.2, 0) is 28.4 Å². The van der Waals surface area contributed by atoms with E-state index in [0.29, 0.717) is 11.1 Å². The number of hydrogen-bond acceptors (Lipinski definition) is 8. The first kappa shape index (κ1) is 22.4. The number of esters is 2. The van der Waals surface area contributed by atoms with Crippen LogP contribution in [0.25, 0.3) is 0 Å². The Bertz CT molecular complexity index is 841. The zero-order valence-electron chi connectivity index (χ0n) is 18.0. The first-order valence-corrected chi connectivity index (χ1v) is 10.5. The molecule has 0 saturated carbocycles. The van der Waals surface area contributed by atoms with E-state index in [4.69, 9.17) is 28.4 Å². The van der Waals surface area contributed by atoms with Crippen molar-refractivity contribution >= 4 is 11.9 Å². The number of rotatable bonds is 6. The Balaban J connectivity index is 1.40. The first-order chi connectivity index (χ1) is 15.4. The molecule has 0 spiro atoms. The number of benzene rings is 2. The minimum atomic E-state index is -0.900. The zero-order valence-corrected chi connectivity index (χ0v) is 18.0. The monoisotopic (exact) mass is 442 g/mol. The molecule has 8 nitrogen and oxygen atoms in total. The summed E-state index contributed by atoms with van der Waals surface area (Å²) in [5.41, 5.74) is 0.895. The lowest BCUT2D eigenvalue weighted by atomic mass is 10.0. The lowest BCUT2D eigenvalue weighted by molar-refractivity contribution is -0.201. The van der Waals surface area contributed by atoms with Gasteiger partial charge in [0.25, 0.3) is 0 Å². The summed E-state index contributed by atoms with van der Waals surface area (Å²) < 4.78 is 34.5. The van der Waals surface area contributed by atoms with E-state index in [-0.39, 0.29) is 20.0 Å². The van der Waals surface area contributed by atoms with Gasteiger partial charge >= 0.3 is 11.9 Å². The highest BCUT2D eigenvalue weighted by molar-refractivity contribution is 5.89. The van der Waals surface area contributed by atoms with E-state index in [1.165, 1.54) is 0 Å². The molecule has 0 unspecified atom stereocenters. The predicted molar refractivity (Wildman–Crippen MR) is 112 cm³/mol. The highest BCUT2D eigenvalue weighted by Gasteiger charge is 2.51. The standard InChI is InChI=1S/C24H26O8/c1-24(2)31-20-18(13-27-22(25)16-9-5-3-6-10-16)29-15-30-19(21(20)32-24)14-28-23(26)17-11-7-4-8-12-17/h3-12,18-21H,13-15H2,1-2H3/t18-,19-,20+,21+/m1/s1. The second-order valence-corrected chi connectivity index (χ2v) is 8.02. The highest BCUT2D eigenvalue weighted by atomic mass is 16.8. The summed E-state index contributed by atoms with van der Waals surface area (Å²) in [5.74, 6) is -1.81. The van der Waals surface area contributed by atoms with Crippen molar-refractivity contribution < 1.29 is 38.0 Å². The van der Waals surface area contributed by atoms with Gasteiger partial charge < -0.3 is 28.4 Å². The lowest BCUT2D eigenvalue weighted by Crippen LogP contribution is -2.45. The third-order valence-corrected chi connectivity index (χ3v) is 5.24. The molecule has 4 atom stereocenters. The molecule has 0 amide bonds. The van der Waals surface area contributed by atoms with E-state index in [2.05, 4.69) is 0 Å². The van der Waals surface area contributed by atoms with Crippen LogP contribution < -0.4 is 0 Å². The molecule has 2 aromatic carbocycles. The van der Waals surface area contributed by atoms with E-state index >= 15 is 0 Å². The van der Waals surface area contributed by atoms with E-state index < -0.39 is 42.1 Å². The molecule has 2 aromatic rings. The highest BCUT2D eigenvalue weighted by Crippen LogP contribution is 2.35. The Morgan fingerprint density at radius 1 is 0.781 bits per heavy atom. The summed E-state index contributed by atoms with van der Waals surface area (Å²) in [5, 5.41) is 0. The maximum atomic E-state index is 12.3. The lowest BCUT2D eigenvalue weighted by Gasteiger charge is -2.24. The molecular weight excluding hydrogens is 416 g/mol. The van der Waals surface area contributed by atoms with Crippen LogP contribution in [0.3, 0.4) is 0 Å². The maximum absolute atomic E-state index is 12.3. The van der Waals surface area contributed by atoms with Crippen molar-refractivity contribution in [2.75, 3.05) is 20.0 Å². The number of carbonyl (C=O) groups excluding carboxylic acids is 2. The molecule has 8 heteroatoms. The van der Waals surface area contributed by atoms with Crippen molar-refractivity contribution in [2.24, 2.45) is 0 Å². The average Bonchev–Trinajstić information content (AvgIpc) is 3.05. The molecule has 0 radical (unpaired) electrons. The normalized spacial score (nSPS) is 26.6.